The van der Waals surface area contributed by atoms with Gasteiger partial charge >= 0.3 is 0 Å². The number of carbonyl (C=O) groups excluding carboxylic acids is 1. The minimum Gasteiger partial charge on any atom is -0.493 e. The highest BCUT2D eigenvalue weighted by Crippen LogP contribution is 2.49. The van der Waals surface area contributed by atoms with Crippen LogP contribution in [0.25, 0.3) is 11.1 Å². The molecule has 27 heavy (non-hydrogen) atoms. The molecule has 0 atom stereocenters. The molecule has 0 saturated carbocycles. The summed E-state index contributed by atoms with van der Waals surface area (Å²) in [7, 11) is 6.06. The van der Waals surface area contributed by atoms with Gasteiger partial charge in [0.2, 0.25) is 11.2 Å². The Morgan fingerprint density at radius 1 is 0.778 bits per heavy atom. The Labute approximate surface area is 157 Å². The topological polar surface area (TPSA) is 71.1 Å². The van der Waals surface area contributed by atoms with E-state index in [1.165, 1.54) is 14.2 Å². The van der Waals surface area contributed by atoms with Crippen LogP contribution in [0.1, 0.15) is 27.9 Å². The molecule has 6 heteroatoms. The van der Waals surface area contributed by atoms with Gasteiger partial charge in [-0.25, -0.2) is 0 Å². The van der Waals surface area contributed by atoms with Crippen LogP contribution < -0.4 is 24.4 Å². The van der Waals surface area contributed by atoms with E-state index in [1.54, 1.807) is 33.3 Å². The van der Waals surface area contributed by atoms with E-state index in [9.17, 15) is 9.59 Å². The number of methoxy groups -OCH3 is 4. The lowest BCUT2D eigenvalue weighted by atomic mass is 9.94. The van der Waals surface area contributed by atoms with Gasteiger partial charge in [-0.1, -0.05) is 0 Å². The average Bonchev–Trinajstić information content (AvgIpc) is 2.90. The number of hydrogen-bond acceptors (Lipinski definition) is 6. The van der Waals surface area contributed by atoms with Crippen molar-refractivity contribution in [3.05, 3.63) is 45.1 Å². The van der Waals surface area contributed by atoms with Crippen LogP contribution in [0.4, 0.5) is 0 Å². The first kappa shape index (κ1) is 18.8. The average molecular weight is 370 g/mol. The lowest BCUT2D eigenvalue weighted by Gasteiger charge is -2.19. The molecule has 2 aromatic rings. The van der Waals surface area contributed by atoms with E-state index >= 15 is 0 Å². The standard InChI is InChI=1S/C21H22O6/c1-11-17-13(7-9-15(24-2)19(11)23)18-12(6-8-14(17)22)10-16(25-3)20(26-4)21(18)27-5/h7,9-10H,6,8H2,1-5H3. The third-order valence-corrected chi connectivity index (χ3v) is 4.91. The summed E-state index contributed by atoms with van der Waals surface area (Å²) in [5, 5.41) is 0. The summed E-state index contributed by atoms with van der Waals surface area (Å²) in [4.78, 5) is 25.6. The zero-order valence-electron chi connectivity index (χ0n) is 16.1. The third-order valence-electron chi connectivity index (χ3n) is 4.91. The summed E-state index contributed by atoms with van der Waals surface area (Å²) in [5.74, 6) is 1.55. The first-order valence-corrected chi connectivity index (χ1v) is 8.55. The maximum atomic E-state index is 12.9. The Morgan fingerprint density at radius 2 is 1.44 bits per heavy atom. The number of Topliss-reactive ketones (excluding diaryl/α,β-unsaturated/α-hetero) is 1. The number of hydrogen-bond donors (Lipinski definition) is 0. The molecule has 0 unspecified atom stereocenters. The van der Waals surface area contributed by atoms with E-state index in [2.05, 4.69) is 0 Å². The molecular weight excluding hydrogens is 348 g/mol. The van der Waals surface area contributed by atoms with Crippen molar-refractivity contribution in [1.29, 1.82) is 0 Å². The molecule has 0 N–H and O–H groups in total. The fraction of sp³-hybridized carbons (Fsp3) is 0.333. The molecule has 0 saturated heterocycles. The minimum absolute atomic E-state index is 0.0889. The van der Waals surface area contributed by atoms with E-state index in [0.29, 0.717) is 40.4 Å². The maximum Gasteiger partial charge on any atom is 0.223 e. The van der Waals surface area contributed by atoms with Crippen LogP contribution in [0.15, 0.2) is 23.0 Å². The molecule has 3 rings (SSSR count). The van der Waals surface area contributed by atoms with E-state index in [1.807, 2.05) is 6.07 Å². The van der Waals surface area contributed by atoms with Crippen molar-refractivity contribution in [2.24, 2.45) is 0 Å². The van der Waals surface area contributed by atoms with Crippen LogP contribution in [-0.4, -0.2) is 34.2 Å². The molecule has 1 aliphatic carbocycles. The molecular formula is C21H22O6. The summed E-state index contributed by atoms with van der Waals surface area (Å²) < 4.78 is 21.8. The van der Waals surface area contributed by atoms with Gasteiger partial charge in [0.05, 0.1) is 28.4 Å². The van der Waals surface area contributed by atoms with E-state index < -0.39 is 0 Å². The molecule has 0 amide bonds. The third kappa shape index (κ3) is 2.91. The van der Waals surface area contributed by atoms with Gasteiger partial charge in [0.25, 0.3) is 0 Å². The fourth-order valence-electron chi connectivity index (χ4n) is 3.62. The van der Waals surface area contributed by atoms with Gasteiger partial charge < -0.3 is 18.9 Å². The molecule has 6 nitrogen and oxygen atoms in total. The monoisotopic (exact) mass is 370 g/mol. The van der Waals surface area contributed by atoms with Gasteiger partial charge in [0, 0.05) is 23.1 Å². The zero-order valence-corrected chi connectivity index (χ0v) is 16.1. The van der Waals surface area contributed by atoms with Crippen LogP contribution in [0.2, 0.25) is 0 Å². The lowest BCUT2D eigenvalue weighted by Crippen LogP contribution is -2.11. The summed E-state index contributed by atoms with van der Waals surface area (Å²) in [6, 6.07) is 5.18. The van der Waals surface area contributed by atoms with Crippen molar-refractivity contribution in [2.45, 2.75) is 19.8 Å². The molecule has 0 fully saturated rings. The van der Waals surface area contributed by atoms with E-state index in [-0.39, 0.29) is 23.4 Å². The predicted octanol–water partition coefficient (Wildman–Crippen LogP) is 3.19. The molecule has 2 aromatic carbocycles. The second-order valence-corrected chi connectivity index (χ2v) is 6.25. The Morgan fingerprint density at radius 3 is 2.04 bits per heavy atom. The Kier molecular flexibility index (Phi) is 5.08. The van der Waals surface area contributed by atoms with Crippen molar-refractivity contribution in [1.82, 2.24) is 0 Å². The number of ether oxygens (including phenoxy) is 4. The largest absolute Gasteiger partial charge is 0.493 e. The molecule has 0 bridgehead atoms. The smallest absolute Gasteiger partial charge is 0.223 e. The fourth-order valence-corrected chi connectivity index (χ4v) is 3.62. The maximum absolute atomic E-state index is 12.9. The van der Waals surface area contributed by atoms with Gasteiger partial charge in [0.1, 0.15) is 0 Å². The molecule has 0 aliphatic heterocycles. The van der Waals surface area contributed by atoms with Gasteiger partial charge in [0.15, 0.2) is 23.0 Å². The van der Waals surface area contributed by atoms with Crippen molar-refractivity contribution >= 4 is 5.78 Å². The van der Waals surface area contributed by atoms with Crippen molar-refractivity contribution in [3.8, 4) is 34.1 Å². The van der Waals surface area contributed by atoms with Gasteiger partial charge in [-0.2, -0.15) is 0 Å². The van der Waals surface area contributed by atoms with E-state index in [4.69, 9.17) is 18.9 Å². The molecule has 0 spiro atoms. The molecule has 0 radical (unpaired) electrons. The SMILES string of the molecule is COc1cc2c(c(OC)c1OC)-c1ccc(OC)c(=O)c(C)c1C(=O)CC2. The normalized spacial score (nSPS) is 12.6. The van der Waals surface area contributed by atoms with Crippen LogP contribution in [0, 0.1) is 6.92 Å². The van der Waals surface area contributed by atoms with E-state index in [0.717, 1.165) is 11.1 Å². The van der Waals surface area contributed by atoms with Crippen LogP contribution >= 0.6 is 0 Å². The number of aryl methyl sites for hydroxylation is 1. The predicted molar refractivity (Wildman–Crippen MR) is 102 cm³/mol. The molecule has 0 aromatic heterocycles. The quantitative estimate of drug-likeness (QED) is 0.823. The van der Waals surface area contributed by atoms with Crippen molar-refractivity contribution < 1.29 is 23.7 Å². The second kappa shape index (κ2) is 7.31. The van der Waals surface area contributed by atoms with Crippen LogP contribution in [0.5, 0.6) is 23.0 Å². The number of fused-ring (bicyclic) bond motifs is 3. The summed E-state index contributed by atoms with van der Waals surface area (Å²) >= 11 is 0. The summed E-state index contributed by atoms with van der Waals surface area (Å²) in [5.41, 5.74) is 2.72. The number of ketones is 1. The van der Waals surface area contributed by atoms with Gasteiger partial charge in [-0.15, -0.1) is 0 Å². The van der Waals surface area contributed by atoms with Crippen molar-refractivity contribution in [3.63, 3.8) is 0 Å². The Hall–Kier alpha value is -3.02. The molecule has 142 valence electrons. The first-order chi connectivity index (χ1) is 13.0. The lowest BCUT2D eigenvalue weighted by molar-refractivity contribution is 0.0984. The molecule has 1 aliphatic rings. The minimum atomic E-state index is -0.296. The van der Waals surface area contributed by atoms with Crippen molar-refractivity contribution in [2.75, 3.05) is 28.4 Å². The summed E-state index contributed by atoms with van der Waals surface area (Å²) in [6.45, 7) is 1.65. The zero-order chi connectivity index (χ0) is 19.7. The number of benzene rings is 1. The Bertz CT molecular complexity index is 977. The number of rotatable bonds is 4. The number of carbonyl (C=O) groups is 1. The highest BCUT2D eigenvalue weighted by Gasteiger charge is 2.29. The van der Waals surface area contributed by atoms with Crippen LogP contribution in [-0.2, 0) is 6.42 Å². The van der Waals surface area contributed by atoms with Crippen LogP contribution in [0.3, 0.4) is 0 Å². The van der Waals surface area contributed by atoms with Gasteiger partial charge in [-0.3, -0.25) is 9.59 Å². The first-order valence-electron chi connectivity index (χ1n) is 8.55. The highest BCUT2D eigenvalue weighted by molar-refractivity contribution is 6.06. The molecule has 0 heterocycles. The van der Waals surface area contributed by atoms with Gasteiger partial charge in [-0.05, 0) is 42.7 Å². The Balaban J connectivity index is 2.51. The summed E-state index contributed by atoms with van der Waals surface area (Å²) in [6.07, 6.45) is 0.791. The highest BCUT2D eigenvalue weighted by atomic mass is 16.5. The second-order valence-electron chi connectivity index (χ2n) is 6.25.